The Labute approximate surface area is 321 Å². The van der Waals surface area contributed by atoms with Gasteiger partial charge < -0.3 is 9.80 Å². The average molecular weight is 709 g/mol. The number of aliphatic imine (C=N–C) groups is 2. The zero-order valence-corrected chi connectivity index (χ0v) is 33.5. The van der Waals surface area contributed by atoms with Crippen LogP contribution in [0.15, 0.2) is 143 Å². The van der Waals surface area contributed by atoms with Crippen molar-refractivity contribution in [1.29, 1.82) is 0 Å². The van der Waals surface area contributed by atoms with Gasteiger partial charge in [-0.1, -0.05) is 109 Å². The molecule has 4 nitrogen and oxygen atoms in total. The Morgan fingerprint density at radius 1 is 0.352 bits per heavy atom. The van der Waals surface area contributed by atoms with Crippen LogP contribution in [0.25, 0.3) is 55.3 Å². The SMILES string of the molecule is CC1=NC(C)(C)C(C)(C)N1c1ccc(-c2c(-c3ccccc3)c(-c3ccccc3)c(-c3ccc(N4C(C)=NC(C)(C)C4(C)C)cc3)c3ccccc23)cc1. The van der Waals surface area contributed by atoms with Gasteiger partial charge in [-0.25, -0.2) is 0 Å². The summed E-state index contributed by atoms with van der Waals surface area (Å²) in [6.45, 7) is 22.3. The Bertz CT molecular complexity index is 2260. The molecule has 2 aliphatic rings. The van der Waals surface area contributed by atoms with E-state index >= 15 is 0 Å². The third-order valence-electron chi connectivity index (χ3n) is 12.8. The molecular weight excluding hydrogens is 657 g/mol. The summed E-state index contributed by atoms with van der Waals surface area (Å²) in [5.74, 6) is 2.10. The summed E-state index contributed by atoms with van der Waals surface area (Å²) in [5.41, 5.74) is 11.3. The van der Waals surface area contributed by atoms with Crippen molar-refractivity contribution in [2.75, 3.05) is 9.80 Å². The van der Waals surface area contributed by atoms with Gasteiger partial charge in [0.05, 0.1) is 22.2 Å². The first-order chi connectivity index (χ1) is 25.6. The Kier molecular flexibility index (Phi) is 8.26. The molecular formula is C50H52N4. The predicted molar refractivity (Wildman–Crippen MR) is 233 cm³/mol. The van der Waals surface area contributed by atoms with Crippen molar-refractivity contribution in [3.8, 4) is 44.5 Å². The van der Waals surface area contributed by atoms with Gasteiger partial charge in [0.25, 0.3) is 0 Å². The van der Waals surface area contributed by atoms with E-state index in [1.54, 1.807) is 0 Å². The second-order valence-electron chi connectivity index (χ2n) is 17.1. The largest absolute Gasteiger partial charge is 0.322 e. The summed E-state index contributed by atoms with van der Waals surface area (Å²) >= 11 is 0. The van der Waals surface area contributed by atoms with Crippen molar-refractivity contribution in [3.05, 3.63) is 133 Å². The van der Waals surface area contributed by atoms with Crippen LogP contribution in [-0.4, -0.2) is 33.8 Å². The third-order valence-corrected chi connectivity index (χ3v) is 12.8. The van der Waals surface area contributed by atoms with Crippen molar-refractivity contribution in [2.45, 2.75) is 91.4 Å². The maximum Gasteiger partial charge on any atom is 0.102 e. The molecule has 54 heavy (non-hydrogen) atoms. The van der Waals surface area contributed by atoms with Gasteiger partial charge in [-0.15, -0.1) is 0 Å². The highest BCUT2D eigenvalue weighted by Crippen LogP contribution is 2.52. The van der Waals surface area contributed by atoms with Crippen LogP contribution in [0.5, 0.6) is 0 Å². The second kappa shape index (κ2) is 12.6. The van der Waals surface area contributed by atoms with E-state index in [-0.39, 0.29) is 22.2 Å². The van der Waals surface area contributed by atoms with E-state index in [2.05, 4.69) is 212 Å². The van der Waals surface area contributed by atoms with Crippen molar-refractivity contribution in [3.63, 3.8) is 0 Å². The molecule has 0 bridgehead atoms. The fourth-order valence-corrected chi connectivity index (χ4v) is 8.94. The molecule has 0 fully saturated rings. The Morgan fingerprint density at radius 2 is 0.648 bits per heavy atom. The van der Waals surface area contributed by atoms with Crippen molar-refractivity contribution < 1.29 is 0 Å². The molecule has 0 aromatic heterocycles. The number of hydrogen-bond donors (Lipinski definition) is 0. The minimum atomic E-state index is -0.196. The van der Waals surface area contributed by atoms with Crippen molar-refractivity contribution >= 4 is 33.8 Å². The van der Waals surface area contributed by atoms with Gasteiger partial charge in [-0.3, -0.25) is 9.98 Å². The predicted octanol–water partition coefficient (Wildman–Crippen LogP) is 13.1. The summed E-state index contributed by atoms with van der Waals surface area (Å²) in [6.07, 6.45) is 0. The normalized spacial score (nSPS) is 18.2. The highest BCUT2D eigenvalue weighted by molar-refractivity contribution is 6.18. The summed E-state index contributed by atoms with van der Waals surface area (Å²) < 4.78 is 0. The molecule has 8 rings (SSSR count). The zero-order chi connectivity index (χ0) is 38.2. The molecule has 272 valence electrons. The summed E-state index contributed by atoms with van der Waals surface area (Å²) in [7, 11) is 0. The van der Waals surface area contributed by atoms with E-state index in [0.717, 1.165) is 23.0 Å². The quantitative estimate of drug-likeness (QED) is 0.172. The molecule has 0 atom stereocenters. The Morgan fingerprint density at radius 3 is 0.944 bits per heavy atom. The molecule has 0 unspecified atom stereocenters. The standard InChI is InChI=1S/C50H52N4/c1-33-51-47(3,4)49(7,8)53(33)39-29-25-37(26-30-39)43-41-23-17-18-24-42(41)44(46(36-21-15-12-16-22-36)45(43)35-19-13-11-14-20-35)38-27-31-40(32-28-38)54-34(2)52-48(5,6)50(54,9)10/h11-32H,1-10H3. The smallest absolute Gasteiger partial charge is 0.102 e. The van der Waals surface area contributed by atoms with E-state index in [9.17, 15) is 0 Å². The fourth-order valence-electron chi connectivity index (χ4n) is 8.94. The topological polar surface area (TPSA) is 31.2 Å². The van der Waals surface area contributed by atoms with Gasteiger partial charge in [-0.05, 0) is 149 Å². The van der Waals surface area contributed by atoms with E-state index in [1.807, 2.05) is 0 Å². The van der Waals surface area contributed by atoms with Gasteiger partial charge in [0.15, 0.2) is 0 Å². The minimum Gasteiger partial charge on any atom is -0.322 e. The number of amidine groups is 2. The molecule has 0 N–H and O–H groups in total. The highest BCUT2D eigenvalue weighted by Gasteiger charge is 2.49. The number of rotatable bonds is 6. The summed E-state index contributed by atoms with van der Waals surface area (Å²) in [5, 5.41) is 2.46. The van der Waals surface area contributed by atoms with E-state index in [4.69, 9.17) is 9.98 Å². The van der Waals surface area contributed by atoms with Crippen LogP contribution in [0.3, 0.4) is 0 Å². The lowest BCUT2D eigenvalue weighted by atomic mass is 9.78. The van der Waals surface area contributed by atoms with Gasteiger partial charge in [0.2, 0.25) is 0 Å². The molecule has 0 saturated carbocycles. The molecule has 6 aromatic carbocycles. The molecule has 0 aliphatic carbocycles. The first-order valence-electron chi connectivity index (χ1n) is 19.3. The van der Waals surface area contributed by atoms with Gasteiger partial charge in [0, 0.05) is 11.4 Å². The van der Waals surface area contributed by atoms with Crippen molar-refractivity contribution in [2.24, 2.45) is 9.98 Å². The molecule has 4 heteroatoms. The van der Waals surface area contributed by atoms with E-state index in [0.29, 0.717) is 0 Å². The molecule has 2 heterocycles. The molecule has 2 aliphatic heterocycles. The molecule has 6 aromatic rings. The Balaban J connectivity index is 1.38. The monoisotopic (exact) mass is 708 g/mol. The van der Waals surface area contributed by atoms with Crippen LogP contribution in [-0.2, 0) is 0 Å². The minimum absolute atomic E-state index is 0.162. The van der Waals surface area contributed by atoms with Gasteiger partial charge in [-0.2, -0.15) is 0 Å². The maximum atomic E-state index is 5.07. The van der Waals surface area contributed by atoms with Gasteiger partial charge >= 0.3 is 0 Å². The van der Waals surface area contributed by atoms with Crippen LogP contribution < -0.4 is 9.80 Å². The van der Waals surface area contributed by atoms with E-state index < -0.39 is 0 Å². The number of hydrogen-bond acceptors (Lipinski definition) is 4. The molecule has 0 radical (unpaired) electrons. The highest BCUT2D eigenvalue weighted by atomic mass is 15.3. The fraction of sp³-hybridized carbons (Fsp3) is 0.280. The third kappa shape index (κ3) is 5.41. The number of anilines is 2. The van der Waals surface area contributed by atoms with Crippen LogP contribution in [0.4, 0.5) is 11.4 Å². The number of fused-ring (bicyclic) bond motifs is 1. The average Bonchev–Trinajstić information content (AvgIpc) is 3.42. The van der Waals surface area contributed by atoms with E-state index in [1.165, 1.54) is 55.3 Å². The zero-order valence-electron chi connectivity index (χ0n) is 33.5. The first kappa shape index (κ1) is 35.5. The summed E-state index contributed by atoms with van der Waals surface area (Å²) in [6, 6.07) is 49.2. The summed E-state index contributed by atoms with van der Waals surface area (Å²) in [4.78, 5) is 14.9. The molecule has 0 spiro atoms. The lowest BCUT2D eigenvalue weighted by Crippen LogP contribution is -2.52. The Hall–Kier alpha value is -5.48. The lowest BCUT2D eigenvalue weighted by molar-refractivity contribution is 0.338. The number of nitrogens with zero attached hydrogens (tertiary/aromatic N) is 4. The van der Waals surface area contributed by atoms with Crippen LogP contribution in [0.2, 0.25) is 0 Å². The number of benzene rings is 6. The maximum absolute atomic E-state index is 5.07. The molecule has 0 amide bonds. The van der Waals surface area contributed by atoms with Crippen molar-refractivity contribution in [1.82, 2.24) is 0 Å². The second-order valence-corrected chi connectivity index (χ2v) is 17.1. The molecule has 0 saturated heterocycles. The van der Waals surface area contributed by atoms with Crippen LogP contribution in [0, 0.1) is 0 Å². The lowest BCUT2D eigenvalue weighted by Gasteiger charge is -2.41. The van der Waals surface area contributed by atoms with Gasteiger partial charge in [0.1, 0.15) is 11.7 Å². The van der Waals surface area contributed by atoms with Crippen LogP contribution >= 0.6 is 0 Å². The van der Waals surface area contributed by atoms with Crippen LogP contribution in [0.1, 0.15) is 69.2 Å². The first-order valence-corrected chi connectivity index (χ1v) is 19.3.